The van der Waals surface area contributed by atoms with E-state index < -0.39 is 17.1 Å². The van der Waals surface area contributed by atoms with E-state index in [1.54, 1.807) is 11.8 Å². The first kappa shape index (κ1) is 16.4. The summed E-state index contributed by atoms with van der Waals surface area (Å²) in [7, 11) is 1.36. The van der Waals surface area contributed by atoms with Crippen LogP contribution in [0, 0.1) is 17.3 Å². The van der Waals surface area contributed by atoms with Crippen LogP contribution in [0.3, 0.4) is 0 Å². The van der Waals surface area contributed by atoms with Crippen molar-refractivity contribution in [2.45, 2.75) is 46.1 Å². The highest BCUT2D eigenvalue weighted by Gasteiger charge is 2.47. The monoisotopic (exact) mass is 281 g/mol. The topological polar surface area (TPSA) is 55.8 Å². The Morgan fingerprint density at radius 3 is 2.50 bits per heavy atom. The first-order valence-corrected chi connectivity index (χ1v) is 6.70. The van der Waals surface area contributed by atoms with Gasteiger partial charge in [0.05, 0.1) is 12.5 Å². The molecule has 1 heterocycles. The summed E-state index contributed by atoms with van der Waals surface area (Å²) in [5, 5.41) is 0. The fraction of sp³-hybridized carbons (Fsp3) is 0.733. The van der Waals surface area contributed by atoms with Crippen molar-refractivity contribution in [1.29, 1.82) is 0 Å². The van der Waals surface area contributed by atoms with Gasteiger partial charge in [0.2, 0.25) is 0 Å². The Kier molecular flexibility index (Phi) is 5.04. The smallest absolute Gasteiger partial charge is 0.410 e. The molecule has 5 heteroatoms. The zero-order chi connectivity index (χ0) is 15.4. The number of hydrogen-bond acceptors (Lipinski definition) is 4. The molecule has 20 heavy (non-hydrogen) atoms. The molecular formula is C15H23NO4. The molecule has 0 radical (unpaired) electrons. The Bertz CT molecular complexity index is 441. The van der Waals surface area contributed by atoms with E-state index in [1.807, 2.05) is 20.8 Å². The fourth-order valence-electron chi connectivity index (χ4n) is 2.21. The lowest BCUT2D eigenvalue weighted by Crippen LogP contribution is -2.39. The van der Waals surface area contributed by atoms with Crippen molar-refractivity contribution in [2.75, 3.05) is 20.2 Å². The summed E-state index contributed by atoms with van der Waals surface area (Å²) in [5.41, 5.74) is -1.27. The minimum atomic E-state index is -0.728. The van der Waals surface area contributed by atoms with E-state index >= 15 is 0 Å². The van der Waals surface area contributed by atoms with Crippen molar-refractivity contribution in [3.8, 4) is 11.8 Å². The summed E-state index contributed by atoms with van der Waals surface area (Å²) in [6.07, 6.45) is 0.552. The van der Waals surface area contributed by atoms with Crippen molar-refractivity contribution in [3.63, 3.8) is 0 Å². The Labute approximate surface area is 120 Å². The first-order valence-electron chi connectivity index (χ1n) is 6.70. The van der Waals surface area contributed by atoms with Crippen molar-refractivity contribution >= 4 is 12.1 Å². The van der Waals surface area contributed by atoms with Crippen LogP contribution < -0.4 is 0 Å². The quantitative estimate of drug-likeness (QED) is 0.575. The molecule has 0 bridgehead atoms. The third-order valence-corrected chi connectivity index (χ3v) is 3.23. The van der Waals surface area contributed by atoms with Crippen LogP contribution in [-0.4, -0.2) is 42.8 Å². The Hall–Kier alpha value is -1.70. The SMILES string of the molecule is CC#CCC1(C(=O)OC)CCN(C(=O)OC(C)(C)C)C1. The number of esters is 1. The van der Waals surface area contributed by atoms with Gasteiger partial charge in [0.15, 0.2) is 0 Å². The summed E-state index contributed by atoms with van der Waals surface area (Å²) in [5.74, 6) is 5.40. The number of hydrogen-bond donors (Lipinski definition) is 0. The molecule has 0 aromatic carbocycles. The molecule has 0 saturated carbocycles. The lowest BCUT2D eigenvalue weighted by molar-refractivity contribution is -0.151. The molecule has 0 spiro atoms. The fourth-order valence-corrected chi connectivity index (χ4v) is 2.21. The molecule has 0 aliphatic carbocycles. The number of rotatable bonds is 2. The van der Waals surface area contributed by atoms with Crippen molar-refractivity contribution in [3.05, 3.63) is 0 Å². The van der Waals surface area contributed by atoms with Crippen LogP contribution in [0.25, 0.3) is 0 Å². The van der Waals surface area contributed by atoms with Gasteiger partial charge in [-0.05, 0) is 34.1 Å². The predicted octanol–water partition coefficient (Wildman–Crippen LogP) is 2.20. The standard InChI is InChI=1S/C15H23NO4/c1-6-7-8-15(12(17)19-5)9-10-16(11-15)13(18)20-14(2,3)4/h8-11H2,1-5H3. The van der Waals surface area contributed by atoms with E-state index in [4.69, 9.17) is 9.47 Å². The molecule has 1 saturated heterocycles. The number of methoxy groups -OCH3 is 1. The van der Waals surface area contributed by atoms with E-state index in [0.717, 1.165) is 0 Å². The maximum absolute atomic E-state index is 12.0. The minimum Gasteiger partial charge on any atom is -0.469 e. The maximum atomic E-state index is 12.0. The molecule has 1 fully saturated rings. The van der Waals surface area contributed by atoms with Crippen molar-refractivity contribution in [2.24, 2.45) is 5.41 Å². The number of likely N-dealkylation sites (tertiary alicyclic amines) is 1. The summed E-state index contributed by atoms with van der Waals surface area (Å²) < 4.78 is 10.2. The van der Waals surface area contributed by atoms with Gasteiger partial charge >= 0.3 is 12.1 Å². The van der Waals surface area contributed by atoms with Crippen molar-refractivity contribution < 1.29 is 19.1 Å². The Morgan fingerprint density at radius 2 is 2.00 bits per heavy atom. The highest BCUT2D eigenvalue weighted by molar-refractivity contribution is 5.80. The van der Waals surface area contributed by atoms with Crippen LogP contribution in [0.5, 0.6) is 0 Å². The van der Waals surface area contributed by atoms with Gasteiger partial charge in [-0.15, -0.1) is 11.8 Å². The van der Waals surface area contributed by atoms with E-state index in [1.165, 1.54) is 7.11 Å². The van der Waals surface area contributed by atoms with Gasteiger partial charge in [-0.2, -0.15) is 0 Å². The van der Waals surface area contributed by atoms with Gasteiger partial charge in [0, 0.05) is 19.5 Å². The van der Waals surface area contributed by atoms with Gasteiger partial charge in [-0.1, -0.05) is 0 Å². The van der Waals surface area contributed by atoms with Crippen LogP contribution in [0.4, 0.5) is 4.79 Å². The highest BCUT2D eigenvalue weighted by atomic mass is 16.6. The summed E-state index contributed by atoms with van der Waals surface area (Å²) in [6.45, 7) is 7.95. The molecule has 5 nitrogen and oxygen atoms in total. The third kappa shape index (κ3) is 3.89. The van der Waals surface area contributed by atoms with Gasteiger partial charge in [0.1, 0.15) is 5.60 Å². The zero-order valence-electron chi connectivity index (χ0n) is 12.9. The van der Waals surface area contributed by atoms with E-state index in [2.05, 4.69) is 11.8 Å². The summed E-state index contributed by atoms with van der Waals surface area (Å²) in [6, 6.07) is 0. The second-order valence-corrected chi connectivity index (χ2v) is 6.03. The Morgan fingerprint density at radius 1 is 1.35 bits per heavy atom. The van der Waals surface area contributed by atoms with Crippen LogP contribution in [0.1, 0.15) is 40.5 Å². The number of carbonyl (C=O) groups is 2. The lowest BCUT2D eigenvalue weighted by atomic mass is 9.84. The largest absolute Gasteiger partial charge is 0.469 e. The average molecular weight is 281 g/mol. The normalized spacial score (nSPS) is 21.9. The van der Waals surface area contributed by atoms with E-state index in [-0.39, 0.29) is 5.97 Å². The van der Waals surface area contributed by atoms with Gasteiger partial charge in [-0.25, -0.2) is 4.79 Å². The maximum Gasteiger partial charge on any atom is 0.410 e. The number of nitrogens with zero attached hydrogens (tertiary/aromatic N) is 1. The van der Waals surface area contributed by atoms with Crippen molar-refractivity contribution in [1.82, 2.24) is 4.90 Å². The molecule has 0 N–H and O–H groups in total. The molecular weight excluding hydrogens is 258 g/mol. The van der Waals surface area contributed by atoms with Crippen LogP contribution in [0.15, 0.2) is 0 Å². The lowest BCUT2D eigenvalue weighted by Gasteiger charge is -2.26. The van der Waals surface area contributed by atoms with Gasteiger partial charge < -0.3 is 14.4 Å². The van der Waals surface area contributed by atoms with Crippen LogP contribution in [-0.2, 0) is 14.3 Å². The van der Waals surface area contributed by atoms with E-state index in [0.29, 0.717) is 25.9 Å². The molecule has 0 aromatic heterocycles. The summed E-state index contributed by atoms with van der Waals surface area (Å²) >= 11 is 0. The van der Waals surface area contributed by atoms with Crippen LogP contribution >= 0.6 is 0 Å². The molecule has 1 amide bonds. The third-order valence-electron chi connectivity index (χ3n) is 3.23. The van der Waals surface area contributed by atoms with Gasteiger partial charge in [-0.3, -0.25) is 4.79 Å². The molecule has 1 atom stereocenters. The average Bonchev–Trinajstić information content (AvgIpc) is 2.79. The Balaban J connectivity index is 2.81. The zero-order valence-corrected chi connectivity index (χ0v) is 12.9. The molecule has 0 aromatic rings. The number of carbonyl (C=O) groups excluding carboxylic acids is 2. The minimum absolute atomic E-state index is 0.295. The molecule has 1 unspecified atom stereocenters. The predicted molar refractivity (Wildman–Crippen MR) is 74.9 cm³/mol. The molecule has 1 aliphatic rings. The van der Waals surface area contributed by atoms with Crippen LogP contribution in [0.2, 0.25) is 0 Å². The molecule has 112 valence electrons. The highest BCUT2D eigenvalue weighted by Crippen LogP contribution is 2.35. The first-order chi connectivity index (χ1) is 9.24. The number of ether oxygens (including phenoxy) is 2. The van der Waals surface area contributed by atoms with Gasteiger partial charge in [0.25, 0.3) is 0 Å². The molecule has 1 rings (SSSR count). The summed E-state index contributed by atoms with van der Waals surface area (Å²) in [4.78, 5) is 25.6. The number of amides is 1. The second-order valence-electron chi connectivity index (χ2n) is 6.03. The second kappa shape index (κ2) is 6.17. The molecule has 1 aliphatic heterocycles. The van der Waals surface area contributed by atoms with E-state index in [9.17, 15) is 9.59 Å².